The Hall–Kier alpha value is -2.33. The van der Waals surface area contributed by atoms with Gasteiger partial charge < -0.3 is 9.47 Å². The number of fused-ring (bicyclic) bond motifs is 1. The van der Waals surface area contributed by atoms with Gasteiger partial charge in [0.15, 0.2) is 17.3 Å². The predicted molar refractivity (Wildman–Crippen MR) is 110 cm³/mol. The quantitative estimate of drug-likeness (QED) is 0.738. The van der Waals surface area contributed by atoms with Crippen LogP contribution in [0.15, 0.2) is 42.5 Å². The van der Waals surface area contributed by atoms with E-state index in [0.29, 0.717) is 42.6 Å². The van der Waals surface area contributed by atoms with Crippen LogP contribution in [0.2, 0.25) is 0 Å². The third-order valence-corrected chi connectivity index (χ3v) is 5.79. The Bertz CT molecular complexity index is 1090. The van der Waals surface area contributed by atoms with Crippen molar-refractivity contribution in [2.24, 2.45) is 11.8 Å². The first-order chi connectivity index (χ1) is 16.7. The maximum atomic E-state index is 13.2. The van der Waals surface area contributed by atoms with Gasteiger partial charge in [0.1, 0.15) is 0 Å². The standard InChI is InChI=1S/C24H29NO3/c1-27-22-14-19-13-20(24(26)21(19)15-23(22)28-2)12-17-8-10-25(11-9-17)16-18-6-4-3-5-7-18/h3-7,14-15,17,20H,8-13,16H2,1-2H3/i1D3,2D3,16D2. The van der Waals surface area contributed by atoms with Gasteiger partial charge in [-0.2, -0.15) is 0 Å². The number of hydrogen-bond donors (Lipinski definition) is 0. The molecule has 0 amide bonds. The molecule has 1 saturated heterocycles. The van der Waals surface area contributed by atoms with Gasteiger partial charge in [0.25, 0.3) is 0 Å². The highest BCUT2D eigenvalue weighted by Gasteiger charge is 2.34. The third kappa shape index (κ3) is 3.93. The second-order valence-electron chi connectivity index (χ2n) is 7.57. The Morgan fingerprint density at radius 3 is 2.54 bits per heavy atom. The minimum Gasteiger partial charge on any atom is -0.493 e. The van der Waals surface area contributed by atoms with E-state index in [2.05, 4.69) is 0 Å². The van der Waals surface area contributed by atoms with Crippen LogP contribution in [0.3, 0.4) is 0 Å². The molecule has 0 spiro atoms. The smallest absolute Gasteiger partial charge is 0.166 e. The first kappa shape index (κ1) is 11.6. The van der Waals surface area contributed by atoms with Gasteiger partial charge in [-0.1, -0.05) is 30.3 Å². The topological polar surface area (TPSA) is 38.8 Å². The van der Waals surface area contributed by atoms with Gasteiger partial charge in [-0.3, -0.25) is 9.69 Å². The summed E-state index contributed by atoms with van der Waals surface area (Å²) >= 11 is 0. The molecule has 0 radical (unpaired) electrons. The van der Waals surface area contributed by atoms with Gasteiger partial charge in [-0.15, -0.1) is 0 Å². The molecule has 0 N–H and O–H groups in total. The van der Waals surface area contributed by atoms with Crippen LogP contribution in [-0.2, 0) is 12.9 Å². The lowest BCUT2D eigenvalue weighted by Crippen LogP contribution is -2.34. The molecule has 4 rings (SSSR count). The molecule has 0 saturated carbocycles. The van der Waals surface area contributed by atoms with Crippen molar-refractivity contribution in [3.8, 4) is 11.5 Å². The van der Waals surface area contributed by atoms with Crippen molar-refractivity contribution in [3.05, 3.63) is 59.2 Å². The predicted octanol–water partition coefficient (Wildman–Crippen LogP) is 4.36. The molecule has 1 unspecified atom stereocenters. The number of nitrogens with zero attached hydrogens (tertiary/aromatic N) is 1. The minimum absolute atomic E-state index is 0.122. The summed E-state index contributed by atoms with van der Waals surface area (Å²) in [5.74, 6) is -0.716. The molecular formula is C24H29NO3. The number of likely N-dealkylation sites (tertiary alicyclic amines) is 1. The largest absolute Gasteiger partial charge is 0.493 e. The summed E-state index contributed by atoms with van der Waals surface area (Å²) < 4.78 is 71.3. The Morgan fingerprint density at radius 2 is 1.82 bits per heavy atom. The zero-order valence-corrected chi connectivity index (χ0v) is 15.6. The molecule has 2 aliphatic rings. The minimum atomic E-state index is -2.83. The molecule has 4 nitrogen and oxygen atoms in total. The van der Waals surface area contributed by atoms with E-state index in [-0.39, 0.29) is 29.1 Å². The zero-order valence-electron chi connectivity index (χ0n) is 23.6. The summed E-state index contributed by atoms with van der Waals surface area (Å²) in [6.45, 7) is -0.412. The number of piperidine rings is 1. The van der Waals surface area contributed by atoms with Gasteiger partial charge in [0.05, 0.1) is 22.3 Å². The van der Waals surface area contributed by atoms with Crippen LogP contribution in [0.1, 0.15) is 51.7 Å². The van der Waals surface area contributed by atoms with Crippen LogP contribution >= 0.6 is 0 Å². The van der Waals surface area contributed by atoms with Crippen LogP contribution in [0, 0.1) is 11.8 Å². The molecule has 1 aliphatic carbocycles. The SMILES string of the molecule is [2H]C([2H])([2H])Oc1cc2c(cc1OC([2H])([2H])[2H])C(=O)C(CC1CCN(C([2H])([2H])c3ccccc3)CC1)C2. The average Bonchev–Trinajstić information content (AvgIpc) is 3.07. The van der Waals surface area contributed by atoms with Crippen molar-refractivity contribution in [2.75, 3.05) is 27.2 Å². The molecule has 148 valence electrons. The molecule has 1 heterocycles. The molecule has 0 bridgehead atoms. The summed E-state index contributed by atoms with van der Waals surface area (Å²) in [5.41, 5.74) is 1.56. The average molecular weight is 388 g/mol. The summed E-state index contributed by atoms with van der Waals surface area (Å²) in [4.78, 5) is 15.0. The number of rotatable bonds is 6. The van der Waals surface area contributed by atoms with E-state index in [4.69, 9.17) is 20.4 Å². The third-order valence-electron chi connectivity index (χ3n) is 5.79. The summed E-state index contributed by atoms with van der Waals surface area (Å²) in [6.07, 6.45) is 2.55. The van der Waals surface area contributed by atoms with Gasteiger partial charge in [0, 0.05) is 20.7 Å². The van der Waals surface area contributed by atoms with Crippen molar-refractivity contribution < 1.29 is 25.2 Å². The molecule has 28 heavy (non-hydrogen) atoms. The Labute approximate surface area is 178 Å². The Balaban J connectivity index is 1.44. The van der Waals surface area contributed by atoms with Crippen molar-refractivity contribution in [1.82, 2.24) is 4.90 Å². The number of hydrogen-bond acceptors (Lipinski definition) is 4. The molecule has 4 heteroatoms. The van der Waals surface area contributed by atoms with Gasteiger partial charge in [0.2, 0.25) is 0 Å². The fourth-order valence-corrected chi connectivity index (χ4v) is 4.31. The number of carbonyl (C=O) groups is 1. The van der Waals surface area contributed by atoms with E-state index in [1.807, 2.05) is 23.1 Å². The van der Waals surface area contributed by atoms with E-state index in [9.17, 15) is 4.79 Å². The van der Waals surface area contributed by atoms with E-state index >= 15 is 0 Å². The van der Waals surface area contributed by atoms with Crippen LogP contribution in [-0.4, -0.2) is 37.8 Å². The number of benzene rings is 2. The second kappa shape index (κ2) is 8.36. The summed E-state index contributed by atoms with van der Waals surface area (Å²) in [5, 5.41) is 0. The highest BCUT2D eigenvalue weighted by Crippen LogP contribution is 2.39. The van der Waals surface area contributed by atoms with Gasteiger partial charge in [-0.05, 0) is 68.0 Å². The van der Waals surface area contributed by atoms with Crippen molar-refractivity contribution >= 4 is 5.78 Å². The summed E-state index contributed by atoms with van der Waals surface area (Å²) in [7, 11) is -5.64. The number of methoxy groups -OCH3 is 2. The number of carbonyl (C=O) groups excluding carboxylic acids is 1. The molecule has 0 aromatic heterocycles. The maximum Gasteiger partial charge on any atom is 0.166 e. The van der Waals surface area contributed by atoms with Gasteiger partial charge in [-0.25, -0.2) is 0 Å². The van der Waals surface area contributed by atoms with Crippen LogP contribution < -0.4 is 9.47 Å². The van der Waals surface area contributed by atoms with Crippen LogP contribution in [0.4, 0.5) is 0 Å². The first-order valence-electron chi connectivity index (χ1n) is 13.6. The number of ketones is 1. The second-order valence-corrected chi connectivity index (χ2v) is 7.57. The Kier molecular flexibility index (Phi) is 3.47. The van der Waals surface area contributed by atoms with E-state index in [1.54, 1.807) is 12.1 Å². The molecular weight excluding hydrogens is 350 g/mol. The fourth-order valence-electron chi connectivity index (χ4n) is 4.31. The molecule has 1 aliphatic heterocycles. The number of Topliss-reactive ketones (excluding diaryl/α,β-unsaturated/α-hetero) is 1. The molecule has 1 atom stereocenters. The van der Waals surface area contributed by atoms with Gasteiger partial charge >= 0.3 is 0 Å². The Morgan fingerprint density at radius 1 is 1.11 bits per heavy atom. The van der Waals surface area contributed by atoms with Crippen LogP contribution in [0.5, 0.6) is 11.5 Å². The van der Waals surface area contributed by atoms with Crippen molar-refractivity contribution in [1.29, 1.82) is 0 Å². The molecule has 2 aromatic carbocycles. The van der Waals surface area contributed by atoms with Crippen molar-refractivity contribution in [2.45, 2.75) is 32.2 Å². The molecule has 1 fully saturated rings. The normalized spacial score (nSPS) is 25.9. The fraction of sp³-hybridized carbons (Fsp3) is 0.458. The molecule has 2 aromatic rings. The highest BCUT2D eigenvalue weighted by atomic mass is 16.5. The monoisotopic (exact) mass is 387 g/mol. The van der Waals surface area contributed by atoms with E-state index in [0.717, 1.165) is 12.8 Å². The summed E-state index contributed by atoms with van der Waals surface area (Å²) in [6, 6.07) is 11.8. The van der Waals surface area contributed by atoms with E-state index < -0.39 is 20.6 Å². The first-order valence-corrected chi connectivity index (χ1v) is 9.63. The number of ether oxygens (including phenoxy) is 2. The van der Waals surface area contributed by atoms with Crippen LogP contribution in [0.25, 0.3) is 0 Å². The lowest BCUT2D eigenvalue weighted by molar-refractivity contribution is 0.0895. The lowest BCUT2D eigenvalue weighted by Gasteiger charge is -2.32. The van der Waals surface area contributed by atoms with E-state index in [1.165, 1.54) is 12.1 Å². The lowest BCUT2D eigenvalue weighted by atomic mass is 9.85. The highest BCUT2D eigenvalue weighted by molar-refractivity contribution is 6.02. The van der Waals surface area contributed by atoms with Crippen molar-refractivity contribution in [3.63, 3.8) is 0 Å². The zero-order chi connectivity index (χ0) is 26.3. The maximum absolute atomic E-state index is 13.2.